The second-order valence-electron chi connectivity index (χ2n) is 7.01. The number of carbonyl (C=O) groups is 2. The van der Waals surface area contributed by atoms with E-state index in [2.05, 4.69) is 10.6 Å². The smallest absolute Gasteiger partial charge is 0.265 e. The zero-order valence-electron chi connectivity index (χ0n) is 15.7. The predicted molar refractivity (Wildman–Crippen MR) is 106 cm³/mol. The van der Waals surface area contributed by atoms with E-state index in [0.717, 1.165) is 31.6 Å². The molecule has 0 radical (unpaired) electrons. The summed E-state index contributed by atoms with van der Waals surface area (Å²) in [5, 5.41) is 6.38. The van der Waals surface area contributed by atoms with Crippen molar-refractivity contribution in [3.63, 3.8) is 0 Å². The van der Waals surface area contributed by atoms with Gasteiger partial charge in [0.05, 0.1) is 12.3 Å². The highest BCUT2D eigenvalue weighted by molar-refractivity contribution is 5.98. The van der Waals surface area contributed by atoms with Crippen LogP contribution in [0.15, 0.2) is 24.3 Å². The molecule has 2 aliphatic heterocycles. The van der Waals surface area contributed by atoms with E-state index in [1.165, 1.54) is 0 Å². The number of para-hydroxylation sites is 2. The molecule has 2 amide bonds. The summed E-state index contributed by atoms with van der Waals surface area (Å²) in [6.07, 6.45) is 2.23. The molecule has 0 saturated carbocycles. The number of ether oxygens (including phenoxy) is 2. The Morgan fingerprint density at radius 1 is 1.33 bits per heavy atom. The van der Waals surface area contributed by atoms with Crippen LogP contribution < -0.4 is 20.3 Å². The van der Waals surface area contributed by atoms with Crippen LogP contribution in [0.4, 0.5) is 5.69 Å². The fourth-order valence-electron chi connectivity index (χ4n) is 3.62. The van der Waals surface area contributed by atoms with Gasteiger partial charge >= 0.3 is 0 Å². The summed E-state index contributed by atoms with van der Waals surface area (Å²) in [6, 6.07) is 7.40. The van der Waals surface area contributed by atoms with E-state index in [-0.39, 0.29) is 42.7 Å². The van der Waals surface area contributed by atoms with Crippen LogP contribution in [0.25, 0.3) is 0 Å². The molecule has 3 rings (SSSR count). The van der Waals surface area contributed by atoms with Crippen LogP contribution >= 0.6 is 12.4 Å². The number of benzene rings is 1. The van der Waals surface area contributed by atoms with Crippen molar-refractivity contribution < 1.29 is 19.1 Å². The molecule has 0 spiro atoms. The number of piperidine rings is 1. The maximum absolute atomic E-state index is 12.4. The van der Waals surface area contributed by atoms with Gasteiger partial charge in [-0.3, -0.25) is 9.59 Å². The lowest BCUT2D eigenvalue weighted by atomic mass is 9.79. The van der Waals surface area contributed by atoms with Crippen LogP contribution in [0.5, 0.6) is 5.75 Å². The first-order chi connectivity index (χ1) is 12.6. The van der Waals surface area contributed by atoms with Crippen molar-refractivity contribution in [1.82, 2.24) is 10.6 Å². The Morgan fingerprint density at radius 3 is 2.81 bits per heavy atom. The lowest BCUT2D eigenvalue weighted by Crippen LogP contribution is -2.47. The minimum absolute atomic E-state index is 0. The van der Waals surface area contributed by atoms with Crippen LogP contribution in [-0.2, 0) is 14.3 Å². The third-order valence-corrected chi connectivity index (χ3v) is 5.15. The number of anilines is 1. The first-order valence-corrected chi connectivity index (χ1v) is 9.12. The number of nitrogens with one attached hydrogen (secondary N) is 2. The van der Waals surface area contributed by atoms with Gasteiger partial charge in [0.15, 0.2) is 6.61 Å². The SMILES string of the molecule is COCC1(CNC(=O)CCN2C(=O)COc3ccccc32)CCNCC1.Cl. The molecule has 0 aromatic heterocycles. The highest BCUT2D eigenvalue weighted by Crippen LogP contribution is 2.31. The number of fused-ring (bicyclic) bond motifs is 1. The van der Waals surface area contributed by atoms with Crippen LogP contribution in [0, 0.1) is 5.41 Å². The van der Waals surface area contributed by atoms with Crippen LogP contribution in [0.2, 0.25) is 0 Å². The lowest BCUT2D eigenvalue weighted by molar-refractivity contribution is -0.122. The van der Waals surface area contributed by atoms with Crippen molar-refractivity contribution in [2.75, 3.05) is 51.4 Å². The molecule has 0 atom stereocenters. The number of nitrogens with zero attached hydrogens (tertiary/aromatic N) is 1. The summed E-state index contributed by atoms with van der Waals surface area (Å²) in [4.78, 5) is 26.1. The van der Waals surface area contributed by atoms with E-state index in [0.29, 0.717) is 25.4 Å². The molecule has 0 unspecified atom stereocenters. The molecular formula is C19H28ClN3O4. The van der Waals surface area contributed by atoms with Crippen molar-refractivity contribution in [3.05, 3.63) is 24.3 Å². The third kappa shape index (κ3) is 5.34. The summed E-state index contributed by atoms with van der Waals surface area (Å²) < 4.78 is 10.8. The number of halogens is 1. The summed E-state index contributed by atoms with van der Waals surface area (Å²) in [7, 11) is 1.70. The minimum atomic E-state index is -0.120. The first-order valence-electron chi connectivity index (χ1n) is 9.12. The lowest BCUT2D eigenvalue weighted by Gasteiger charge is -2.37. The molecule has 150 valence electrons. The Morgan fingerprint density at radius 2 is 2.07 bits per heavy atom. The number of rotatable bonds is 7. The third-order valence-electron chi connectivity index (χ3n) is 5.15. The van der Waals surface area contributed by atoms with E-state index < -0.39 is 0 Å². The predicted octanol–water partition coefficient (Wildman–Crippen LogP) is 1.36. The van der Waals surface area contributed by atoms with Gasteiger partial charge < -0.3 is 25.0 Å². The molecule has 2 heterocycles. The monoisotopic (exact) mass is 397 g/mol. The van der Waals surface area contributed by atoms with Crippen molar-refractivity contribution in [3.8, 4) is 5.75 Å². The second-order valence-corrected chi connectivity index (χ2v) is 7.01. The Balaban J connectivity index is 0.00000261. The number of methoxy groups -OCH3 is 1. The summed E-state index contributed by atoms with van der Waals surface area (Å²) >= 11 is 0. The Labute approximate surface area is 166 Å². The molecule has 1 fully saturated rings. The van der Waals surface area contributed by atoms with Gasteiger partial charge in [0, 0.05) is 32.0 Å². The molecule has 1 saturated heterocycles. The van der Waals surface area contributed by atoms with E-state index in [1.54, 1.807) is 12.0 Å². The van der Waals surface area contributed by atoms with E-state index in [9.17, 15) is 9.59 Å². The fraction of sp³-hybridized carbons (Fsp3) is 0.579. The van der Waals surface area contributed by atoms with Gasteiger partial charge in [-0.15, -0.1) is 12.4 Å². The zero-order valence-corrected chi connectivity index (χ0v) is 16.5. The summed E-state index contributed by atoms with van der Waals surface area (Å²) in [5.74, 6) is 0.516. The average molecular weight is 398 g/mol. The van der Waals surface area contributed by atoms with E-state index in [4.69, 9.17) is 9.47 Å². The van der Waals surface area contributed by atoms with E-state index in [1.807, 2.05) is 24.3 Å². The van der Waals surface area contributed by atoms with Crippen molar-refractivity contribution >= 4 is 29.9 Å². The van der Waals surface area contributed by atoms with Crippen LogP contribution in [0.1, 0.15) is 19.3 Å². The number of hydrogen-bond acceptors (Lipinski definition) is 5. The zero-order chi connectivity index (χ0) is 18.4. The fourth-order valence-corrected chi connectivity index (χ4v) is 3.62. The number of hydrogen-bond donors (Lipinski definition) is 2. The van der Waals surface area contributed by atoms with Gasteiger partial charge in [0.1, 0.15) is 5.75 Å². The van der Waals surface area contributed by atoms with Gasteiger partial charge in [-0.2, -0.15) is 0 Å². The van der Waals surface area contributed by atoms with Gasteiger partial charge in [-0.25, -0.2) is 0 Å². The second kappa shape index (κ2) is 9.92. The molecule has 8 heteroatoms. The average Bonchev–Trinajstić information content (AvgIpc) is 2.67. The maximum Gasteiger partial charge on any atom is 0.265 e. The van der Waals surface area contributed by atoms with Crippen LogP contribution in [-0.4, -0.2) is 58.3 Å². The largest absolute Gasteiger partial charge is 0.482 e. The van der Waals surface area contributed by atoms with Gasteiger partial charge in [-0.1, -0.05) is 12.1 Å². The van der Waals surface area contributed by atoms with E-state index >= 15 is 0 Å². The molecule has 0 aliphatic carbocycles. The highest BCUT2D eigenvalue weighted by Gasteiger charge is 2.32. The normalized spacial score (nSPS) is 18.1. The highest BCUT2D eigenvalue weighted by atomic mass is 35.5. The van der Waals surface area contributed by atoms with Crippen molar-refractivity contribution in [2.45, 2.75) is 19.3 Å². The Hall–Kier alpha value is -1.83. The topological polar surface area (TPSA) is 79.9 Å². The standard InChI is InChI=1S/C19H27N3O4.ClH/c1-25-14-19(7-9-20-10-8-19)13-21-17(23)6-11-22-15-4-2-3-5-16(15)26-12-18(22)24;/h2-5,20H,6-14H2,1H3,(H,21,23);1H. The molecule has 27 heavy (non-hydrogen) atoms. The van der Waals surface area contributed by atoms with Gasteiger partial charge in [-0.05, 0) is 38.1 Å². The molecule has 7 nitrogen and oxygen atoms in total. The van der Waals surface area contributed by atoms with Crippen molar-refractivity contribution in [1.29, 1.82) is 0 Å². The molecule has 2 aliphatic rings. The summed E-state index contributed by atoms with van der Waals surface area (Å²) in [6.45, 7) is 3.50. The Bertz CT molecular complexity index is 644. The van der Waals surface area contributed by atoms with Crippen LogP contribution in [0.3, 0.4) is 0 Å². The minimum Gasteiger partial charge on any atom is -0.482 e. The quantitative estimate of drug-likeness (QED) is 0.726. The van der Waals surface area contributed by atoms with Crippen molar-refractivity contribution in [2.24, 2.45) is 5.41 Å². The first kappa shape index (κ1) is 21.5. The molecule has 2 N–H and O–H groups in total. The van der Waals surface area contributed by atoms with Gasteiger partial charge in [0.2, 0.25) is 5.91 Å². The number of amides is 2. The number of carbonyl (C=O) groups excluding carboxylic acids is 2. The molecule has 1 aromatic rings. The molecule has 1 aromatic carbocycles. The summed E-state index contributed by atoms with van der Waals surface area (Å²) in [5.41, 5.74) is 0.725. The molecular weight excluding hydrogens is 370 g/mol. The Kier molecular flexibility index (Phi) is 7.89. The van der Waals surface area contributed by atoms with Gasteiger partial charge in [0.25, 0.3) is 5.91 Å². The maximum atomic E-state index is 12.4. The molecule has 0 bridgehead atoms.